The van der Waals surface area contributed by atoms with Crippen molar-refractivity contribution in [3.8, 4) is 0 Å². The molecule has 1 aliphatic rings. The topological polar surface area (TPSA) is 29.9 Å². The van der Waals surface area contributed by atoms with Gasteiger partial charge in [0.15, 0.2) is 5.69 Å². The summed E-state index contributed by atoms with van der Waals surface area (Å²) in [7, 11) is 0. The lowest BCUT2D eigenvalue weighted by atomic mass is 9.97. The molecule has 1 aromatic heterocycles. The summed E-state index contributed by atoms with van der Waals surface area (Å²) in [6.45, 7) is 3.02. The van der Waals surface area contributed by atoms with Gasteiger partial charge in [0.2, 0.25) is 0 Å². The van der Waals surface area contributed by atoms with Crippen molar-refractivity contribution in [1.29, 1.82) is 0 Å². The van der Waals surface area contributed by atoms with Crippen molar-refractivity contribution < 1.29 is 13.2 Å². The molecule has 2 heterocycles. The maximum atomic E-state index is 12.9. The molecule has 1 atom stereocenters. The van der Waals surface area contributed by atoms with E-state index in [2.05, 4.69) is 26.3 Å². The molecule has 7 heteroatoms. The van der Waals surface area contributed by atoms with Crippen LogP contribution in [-0.4, -0.2) is 16.3 Å². The number of benzene rings is 1. The first-order chi connectivity index (χ1) is 9.86. The molecule has 21 heavy (non-hydrogen) atoms. The molecule has 1 N–H and O–H groups in total. The second-order valence-corrected chi connectivity index (χ2v) is 5.97. The lowest BCUT2D eigenvalue weighted by molar-refractivity contribution is -0.142. The van der Waals surface area contributed by atoms with E-state index in [1.54, 1.807) is 0 Å². The molecule has 112 valence electrons. The minimum absolute atomic E-state index is 0.0163. The van der Waals surface area contributed by atoms with E-state index in [9.17, 15) is 13.2 Å². The number of fused-ring (bicyclic) bond motifs is 1. The van der Waals surface area contributed by atoms with Crippen LogP contribution in [0.25, 0.3) is 0 Å². The quantitative estimate of drug-likeness (QED) is 0.827. The summed E-state index contributed by atoms with van der Waals surface area (Å²) in [5.41, 5.74) is 1.37. The molecule has 0 saturated heterocycles. The van der Waals surface area contributed by atoms with Crippen molar-refractivity contribution in [2.24, 2.45) is 0 Å². The van der Waals surface area contributed by atoms with Crippen molar-refractivity contribution in [2.75, 3.05) is 11.9 Å². The first kappa shape index (κ1) is 14.4. The zero-order valence-corrected chi connectivity index (χ0v) is 12.8. The highest BCUT2D eigenvalue weighted by molar-refractivity contribution is 9.10. The zero-order chi connectivity index (χ0) is 15.2. The van der Waals surface area contributed by atoms with Crippen LogP contribution < -0.4 is 5.32 Å². The Morgan fingerprint density at radius 2 is 1.95 bits per heavy atom. The predicted octanol–water partition coefficient (Wildman–Crippen LogP) is 4.18. The highest BCUT2D eigenvalue weighted by Gasteiger charge is 2.39. The molecule has 3 nitrogen and oxygen atoms in total. The Morgan fingerprint density at radius 1 is 1.29 bits per heavy atom. The second-order valence-electron chi connectivity index (χ2n) is 5.18. The van der Waals surface area contributed by atoms with Gasteiger partial charge in [-0.05, 0) is 28.4 Å². The van der Waals surface area contributed by atoms with Gasteiger partial charge < -0.3 is 5.32 Å². The van der Waals surface area contributed by atoms with E-state index < -0.39 is 11.9 Å². The summed E-state index contributed by atoms with van der Waals surface area (Å²) in [5.74, 6) is 0.497. The van der Waals surface area contributed by atoms with Crippen LogP contribution >= 0.6 is 15.9 Å². The molecule has 0 amide bonds. The molecule has 0 aliphatic carbocycles. The number of anilines is 1. The third-order valence-electron chi connectivity index (χ3n) is 3.62. The van der Waals surface area contributed by atoms with E-state index in [4.69, 9.17) is 0 Å². The fraction of sp³-hybridized carbons (Fsp3) is 0.357. The van der Waals surface area contributed by atoms with Crippen molar-refractivity contribution in [3.05, 3.63) is 45.6 Å². The van der Waals surface area contributed by atoms with Crippen LogP contribution in [-0.2, 0) is 12.7 Å². The number of aryl methyl sites for hydroxylation is 1. The molecule has 1 aliphatic heterocycles. The van der Waals surface area contributed by atoms with Gasteiger partial charge in [0.05, 0.1) is 11.0 Å². The SMILES string of the molecule is Cc1ccc(C2CNc3c(Br)c(C(F)(F)F)nn3C2)cc1. The maximum absolute atomic E-state index is 12.9. The number of hydrogen-bond donors (Lipinski definition) is 1. The molecule has 0 radical (unpaired) electrons. The van der Waals surface area contributed by atoms with Crippen molar-refractivity contribution in [2.45, 2.75) is 25.6 Å². The minimum Gasteiger partial charge on any atom is -0.369 e. The Morgan fingerprint density at radius 3 is 2.57 bits per heavy atom. The van der Waals surface area contributed by atoms with Crippen LogP contribution in [0.5, 0.6) is 0 Å². The smallest absolute Gasteiger partial charge is 0.369 e. The van der Waals surface area contributed by atoms with Gasteiger partial charge in [-0.3, -0.25) is 0 Å². The van der Waals surface area contributed by atoms with Crippen LogP contribution in [0.3, 0.4) is 0 Å². The number of nitrogens with one attached hydrogen (secondary N) is 1. The van der Waals surface area contributed by atoms with E-state index in [-0.39, 0.29) is 10.4 Å². The van der Waals surface area contributed by atoms with Crippen molar-refractivity contribution in [3.63, 3.8) is 0 Å². The highest BCUT2D eigenvalue weighted by atomic mass is 79.9. The molecule has 1 aromatic carbocycles. The molecule has 0 fully saturated rings. The zero-order valence-electron chi connectivity index (χ0n) is 11.2. The van der Waals surface area contributed by atoms with Crippen LogP contribution in [0.2, 0.25) is 0 Å². The highest BCUT2D eigenvalue weighted by Crippen LogP contribution is 2.40. The number of alkyl halides is 3. The Bertz CT molecular complexity index is 661. The molecule has 3 rings (SSSR count). The van der Waals surface area contributed by atoms with Crippen molar-refractivity contribution in [1.82, 2.24) is 9.78 Å². The number of halogens is 4. The molecule has 0 bridgehead atoms. The molecule has 2 aromatic rings. The van der Waals surface area contributed by atoms with E-state index in [0.29, 0.717) is 18.9 Å². The first-order valence-corrected chi connectivity index (χ1v) is 7.29. The summed E-state index contributed by atoms with van der Waals surface area (Å²) in [5, 5.41) is 6.74. The third-order valence-corrected chi connectivity index (χ3v) is 4.37. The van der Waals surface area contributed by atoms with Gasteiger partial charge in [-0.15, -0.1) is 0 Å². The van der Waals surface area contributed by atoms with E-state index >= 15 is 0 Å². The van der Waals surface area contributed by atoms with E-state index in [1.807, 2.05) is 31.2 Å². The summed E-state index contributed by atoms with van der Waals surface area (Å²) >= 11 is 2.99. The Balaban J connectivity index is 1.91. The van der Waals surface area contributed by atoms with Crippen LogP contribution in [0, 0.1) is 6.92 Å². The molecule has 0 spiro atoms. The lowest BCUT2D eigenvalue weighted by Crippen LogP contribution is -2.26. The Kier molecular flexibility index (Phi) is 3.47. The predicted molar refractivity (Wildman–Crippen MR) is 77.3 cm³/mol. The average Bonchev–Trinajstić information content (AvgIpc) is 2.76. The van der Waals surface area contributed by atoms with Gasteiger partial charge >= 0.3 is 6.18 Å². The number of aromatic nitrogens is 2. The third kappa shape index (κ3) is 2.66. The maximum Gasteiger partial charge on any atom is 0.436 e. The normalized spacial score (nSPS) is 18.2. The number of nitrogens with zero attached hydrogens (tertiary/aromatic N) is 2. The standard InChI is InChI=1S/C14H13BrF3N3/c1-8-2-4-9(5-3-8)10-6-19-13-11(15)12(14(16,17)18)20-21(13)7-10/h2-5,10,19H,6-7H2,1H3. The molecular weight excluding hydrogens is 347 g/mol. The van der Waals surface area contributed by atoms with Gasteiger partial charge in [-0.2, -0.15) is 18.3 Å². The van der Waals surface area contributed by atoms with Crippen molar-refractivity contribution >= 4 is 21.7 Å². The van der Waals surface area contributed by atoms with Gasteiger partial charge in [-0.25, -0.2) is 4.68 Å². The fourth-order valence-corrected chi connectivity index (χ4v) is 3.13. The average molecular weight is 360 g/mol. The Hall–Kier alpha value is -1.50. The van der Waals surface area contributed by atoms with Gasteiger partial charge in [0.1, 0.15) is 5.82 Å². The largest absolute Gasteiger partial charge is 0.436 e. The Labute approximate surface area is 128 Å². The fourth-order valence-electron chi connectivity index (χ4n) is 2.48. The summed E-state index contributed by atoms with van der Waals surface area (Å²) in [6, 6.07) is 8.03. The van der Waals surface area contributed by atoms with E-state index in [0.717, 1.165) is 11.1 Å². The van der Waals surface area contributed by atoms with E-state index in [1.165, 1.54) is 4.68 Å². The minimum atomic E-state index is -4.45. The summed E-state index contributed by atoms with van der Waals surface area (Å²) in [6.07, 6.45) is -4.45. The summed E-state index contributed by atoms with van der Waals surface area (Å²) in [4.78, 5) is 0. The van der Waals surface area contributed by atoms with Gasteiger partial charge in [-0.1, -0.05) is 29.8 Å². The second kappa shape index (κ2) is 5.05. The van der Waals surface area contributed by atoms with Crippen LogP contribution in [0.15, 0.2) is 28.7 Å². The van der Waals surface area contributed by atoms with Crippen LogP contribution in [0.4, 0.5) is 19.0 Å². The first-order valence-electron chi connectivity index (χ1n) is 6.50. The molecular formula is C14H13BrF3N3. The van der Waals surface area contributed by atoms with Crippen LogP contribution in [0.1, 0.15) is 22.7 Å². The molecule has 0 saturated carbocycles. The van der Waals surface area contributed by atoms with Gasteiger partial charge in [0.25, 0.3) is 0 Å². The lowest BCUT2D eigenvalue weighted by Gasteiger charge is -2.25. The molecule has 1 unspecified atom stereocenters. The number of rotatable bonds is 1. The summed E-state index contributed by atoms with van der Waals surface area (Å²) < 4.78 is 40.0. The van der Waals surface area contributed by atoms with Gasteiger partial charge in [0, 0.05) is 12.5 Å². The number of hydrogen-bond acceptors (Lipinski definition) is 2. The monoisotopic (exact) mass is 359 g/mol.